The lowest BCUT2D eigenvalue weighted by Crippen LogP contribution is -2.03. The van der Waals surface area contributed by atoms with Crippen molar-refractivity contribution in [2.24, 2.45) is 0 Å². The van der Waals surface area contributed by atoms with Gasteiger partial charge in [-0.15, -0.1) is 0 Å². The molecular weight excluding hydrogens is 241 g/mol. The number of nitrogen functional groups attached to an aromatic ring is 1. The van der Waals surface area contributed by atoms with Gasteiger partial charge in [-0.3, -0.25) is 4.57 Å². The van der Waals surface area contributed by atoms with Gasteiger partial charge < -0.3 is 5.73 Å². The molecule has 1 aromatic heterocycles. The van der Waals surface area contributed by atoms with Gasteiger partial charge in [0.25, 0.3) is 0 Å². The number of hydrogen-bond acceptors (Lipinski definition) is 2. The number of aromatic nitrogens is 2. The highest BCUT2D eigenvalue weighted by Gasteiger charge is 2.14. The third kappa shape index (κ3) is 1.76. The van der Waals surface area contributed by atoms with E-state index in [1.165, 1.54) is 6.07 Å². The molecule has 96 valence electrons. The van der Waals surface area contributed by atoms with Crippen molar-refractivity contribution < 1.29 is 4.39 Å². The van der Waals surface area contributed by atoms with E-state index in [2.05, 4.69) is 4.98 Å². The molecule has 3 nitrogen and oxygen atoms in total. The topological polar surface area (TPSA) is 43.8 Å². The predicted molar refractivity (Wildman–Crippen MR) is 74.9 cm³/mol. The van der Waals surface area contributed by atoms with E-state index < -0.39 is 0 Å². The van der Waals surface area contributed by atoms with E-state index in [1.807, 2.05) is 38.1 Å². The van der Waals surface area contributed by atoms with Gasteiger partial charge >= 0.3 is 0 Å². The summed E-state index contributed by atoms with van der Waals surface area (Å²) in [5.41, 5.74) is 9.90. The van der Waals surface area contributed by atoms with Gasteiger partial charge in [0.15, 0.2) is 0 Å². The number of hydrogen-bond donors (Lipinski definition) is 1. The van der Waals surface area contributed by atoms with Gasteiger partial charge in [0.1, 0.15) is 5.82 Å². The maximum atomic E-state index is 14.1. The van der Waals surface area contributed by atoms with Gasteiger partial charge in [0.05, 0.1) is 16.7 Å². The molecule has 3 rings (SSSR count). The van der Waals surface area contributed by atoms with Crippen LogP contribution in [0.3, 0.4) is 0 Å². The summed E-state index contributed by atoms with van der Waals surface area (Å²) < 4.78 is 15.8. The van der Waals surface area contributed by atoms with Crippen LogP contribution in [-0.2, 0) is 0 Å². The van der Waals surface area contributed by atoms with E-state index >= 15 is 0 Å². The summed E-state index contributed by atoms with van der Waals surface area (Å²) in [5, 5.41) is 0. The normalized spacial score (nSPS) is 11.1. The highest BCUT2D eigenvalue weighted by molar-refractivity contribution is 5.83. The number of nitrogens with two attached hydrogens (primary N) is 1. The molecule has 0 saturated carbocycles. The summed E-state index contributed by atoms with van der Waals surface area (Å²) in [6.07, 6.45) is 0. The fourth-order valence-electron chi connectivity index (χ4n) is 2.30. The maximum Gasteiger partial charge on any atom is 0.206 e. The Hall–Kier alpha value is -2.36. The fourth-order valence-corrected chi connectivity index (χ4v) is 2.30. The molecule has 2 aromatic carbocycles. The zero-order valence-electron chi connectivity index (χ0n) is 10.8. The number of para-hydroxylation sites is 1. The molecule has 0 spiro atoms. The molecule has 0 aliphatic rings. The van der Waals surface area contributed by atoms with Gasteiger partial charge in [-0.05, 0) is 43.2 Å². The quantitative estimate of drug-likeness (QED) is 0.724. The second kappa shape index (κ2) is 4.09. The first-order valence-corrected chi connectivity index (χ1v) is 6.08. The van der Waals surface area contributed by atoms with Crippen molar-refractivity contribution in [3.8, 4) is 5.69 Å². The fraction of sp³-hybridized carbons (Fsp3) is 0.133. The maximum absolute atomic E-state index is 14.1. The van der Waals surface area contributed by atoms with E-state index in [4.69, 9.17) is 5.73 Å². The molecule has 0 aliphatic heterocycles. The zero-order chi connectivity index (χ0) is 13.6. The monoisotopic (exact) mass is 255 g/mol. The minimum Gasteiger partial charge on any atom is -0.369 e. The summed E-state index contributed by atoms with van der Waals surface area (Å²) in [6, 6.07) is 10.9. The number of benzene rings is 2. The minimum absolute atomic E-state index is 0.298. The number of imidazole rings is 1. The molecule has 0 radical (unpaired) electrons. The van der Waals surface area contributed by atoms with Crippen molar-refractivity contribution in [2.45, 2.75) is 13.8 Å². The third-order valence-electron chi connectivity index (χ3n) is 3.26. The molecule has 19 heavy (non-hydrogen) atoms. The highest BCUT2D eigenvalue weighted by Crippen LogP contribution is 2.26. The third-order valence-corrected chi connectivity index (χ3v) is 3.26. The van der Waals surface area contributed by atoms with E-state index in [-0.39, 0.29) is 5.82 Å². The van der Waals surface area contributed by atoms with Crippen molar-refractivity contribution in [1.82, 2.24) is 9.55 Å². The van der Waals surface area contributed by atoms with Crippen LogP contribution in [0.1, 0.15) is 11.1 Å². The van der Waals surface area contributed by atoms with Gasteiger partial charge in [-0.1, -0.05) is 18.2 Å². The van der Waals surface area contributed by atoms with Crippen LogP contribution < -0.4 is 5.73 Å². The number of anilines is 1. The lowest BCUT2D eigenvalue weighted by molar-refractivity contribution is 0.619. The van der Waals surface area contributed by atoms with E-state index in [1.54, 1.807) is 10.6 Å². The van der Waals surface area contributed by atoms with Gasteiger partial charge in [0.2, 0.25) is 5.95 Å². The number of nitrogens with zero attached hydrogens (tertiary/aromatic N) is 2. The standard InChI is InChI=1S/C15H14FN3/c1-9-6-7-12(11(16)8-9)19-13-5-3-4-10(2)14(13)18-15(19)17/h3-8H,1-2H3,(H2,17,18). The molecule has 0 fully saturated rings. The Bertz CT molecular complexity index is 774. The second-order valence-electron chi connectivity index (χ2n) is 4.70. The molecular formula is C15H14FN3. The van der Waals surface area contributed by atoms with Crippen LogP contribution in [-0.4, -0.2) is 9.55 Å². The van der Waals surface area contributed by atoms with Crippen molar-refractivity contribution in [3.05, 3.63) is 53.3 Å². The lowest BCUT2D eigenvalue weighted by Gasteiger charge is -2.08. The number of fused-ring (bicyclic) bond motifs is 1. The van der Waals surface area contributed by atoms with Crippen LogP contribution in [0, 0.1) is 19.7 Å². The van der Waals surface area contributed by atoms with Gasteiger partial charge in [-0.2, -0.15) is 0 Å². The van der Waals surface area contributed by atoms with E-state index in [0.29, 0.717) is 11.6 Å². The Balaban J connectivity index is 2.36. The largest absolute Gasteiger partial charge is 0.369 e. The Kier molecular flexibility index (Phi) is 2.52. The minimum atomic E-state index is -0.299. The summed E-state index contributed by atoms with van der Waals surface area (Å²) in [7, 11) is 0. The Morgan fingerprint density at radius 1 is 1.16 bits per heavy atom. The average molecular weight is 255 g/mol. The van der Waals surface area contributed by atoms with Crippen LogP contribution in [0.2, 0.25) is 0 Å². The summed E-state index contributed by atoms with van der Waals surface area (Å²) in [4.78, 5) is 4.33. The van der Waals surface area contributed by atoms with Crippen LogP contribution in [0.4, 0.5) is 10.3 Å². The van der Waals surface area contributed by atoms with Crippen LogP contribution in [0.15, 0.2) is 36.4 Å². The summed E-state index contributed by atoms with van der Waals surface area (Å²) in [5.74, 6) is -0.000408. The second-order valence-corrected chi connectivity index (χ2v) is 4.70. The van der Waals surface area contributed by atoms with Crippen LogP contribution >= 0.6 is 0 Å². The van der Waals surface area contributed by atoms with Crippen molar-refractivity contribution in [3.63, 3.8) is 0 Å². The SMILES string of the molecule is Cc1ccc(-n2c(N)nc3c(C)cccc32)c(F)c1. The first-order valence-electron chi connectivity index (χ1n) is 6.08. The van der Waals surface area contributed by atoms with Crippen molar-refractivity contribution >= 4 is 17.0 Å². The highest BCUT2D eigenvalue weighted by atomic mass is 19.1. The Labute approximate surface area is 110 Å². The van der Waals surface area contributed by atoms with Crippen LogP contribution in [0.25, 0.3) is 16.7 Å². The van der Waals surface area contributed by atoms with Crippen LogP contribution in [0.5, 0.6) is 0 Å². The molecule has 0 unspecified atom stereocenters. The Morgan fingerprint density at radius 2 is 1.95 bits per heavy atom. The zero-order valence-corrected chi connectivity index (χ0v) is 10.8. The molecule has 2 N–H and O–H groups in total. The smallest absolute Gasteiger partial charge is 0.206 e. The molecule has 4 heteroatoms. The molecule has 1 heterocycles. The van der Waals surface area contributed by atoms with E-state index in [9.17, 15) is 4.39 Å². The Morgan fingerprint density at radius 3 is 2.68 bits per heavy atom. The molecule has 3 aromatic rings. The number of rotatable bonds is 1. The lowest BCUT2D eigenvalue weighted by atomic mass is 10.2. The molecule has 0 saturated heterocycles. The van der Waals surface area contributed by atoms with E-state index in [0.717, 1.165) is 22.2 Å². The molecule has 0 amide bonds. The molecule has 0 atom stereocenters. The molecule has 0 bridgehead atoms. The first kappa shape index (κ1) is 11.7. The van der Waals surface area contributed by atoms with Gasteiger partial charge in [0, 0.05) is 0 Å². The average Bonchev–Trinajstić information content (AvgIpc) is 2.68. The number of aryl methyl sites for hydroxylation is 2. The van der Waals surface area contributed by atoms with Crippen molar-refractivity contribution in [1.29, 1.82) is 0 Å². The molecule has 0 aliphatic carbocycles. The van der Waals surface area contributed by atoms with Crippen molar-refractivity contribution in [2.75, 3.05) is 5.73 Å². The summed E-state index contributed by atoms with van der Waals surface area (Å²) in [6.45, 7) is 3.82. The predicted octanol–water partition coefficient (Wildman–Crippen LogP) is 3.36. The first-order chi connectivity index (χ1) is 9.08. The summed E-state index contributed by atoms with van der Waals surface area (Å²) >= 11 is 0. The van der Waals surface area contributed by atoms with Gasteiger partial charge in [-0.25, -0.2) is 9.37 Å². The number of halogens is 1.